The molecule has 0 bridgehead atoms. The monoisotopic (exact) mass is 1460 g/mol. The average Bonchev–Trinajstić information content (AvgIpc) is 3.14. The fraction of sp³-hybridized carbons (Fsp3) is 0.875. The minimum absolute atomic E-state index is 0. The molecule has 348 valence electrons. The Morgan fingerprint density at radius 1 is 0.611 bits per heavy atom. The van der Waals surface area contributed by atoms with E-state index in [4.69, 9.17) is 111 Å². The number of rotatable bonds is 4. The molecule has 0 aliphatic heterocycles. The zero-order chi connectivity index (χ0) is 43.3. The molecule has 0 radical (unpaired) electrons. The molecule has 0 amide bonds. The second kappa shape index (κ2) is 79.9. The van der Waals surface area contributed by atoms with Crippen molar-refractivity contribution in [2.75, 3.05) is 46.8 Å². The van der Waals surface area contributed by atoms with Crippen molar-refractivity contribution < 1.29 is 101 Å². The van der Waals surface area contributed by atoms with Gasteiger partial charge in [-0.05, 0) is 0 Å². The summed E-state index contributed by atoms with van der Waals surface area (Å²) in [5, 5.41) is 53.5. The van der Waals surface area contributed by atoms with Gasteiger partial charge in [-0.3, -0.25) is 9.18 Å². The molecular weight excluding hydrogens is 1390 g/mol. The zero-order valence-electron chi connectivity index (χ0n) is 31.4. The Bertz CT molecular complexity index is 521. The van der Waals surface area contributed by atoms with Gasteiger partial charge in [-0.1, -0.05) is 91.4 Å². The summed E-state index contributed by atoms with van der Waals surface area (Å²) in [6.45, 7) is 12.5. The maximum atomic E-state index is 9.96. The minimum atomic E-state index is -1.00. The second-order valence-corrected chi connectivity index (χ2v) is 20.0. The summed E-state index contributed by atoms with van der Waals surface area (Å²) in [4.78, 5) is 9.37. The van der Waals surface area contributed by atoms with Crippen molar-refractivity contribution in [2.24, 2.45) is 17.8 Å². The first-order valence-electron chi connectivity index (χ1n) is 16.6. The van der Waals surface area contributed by atoms with E-state index in [-0.39, 0.29) is 77.1 Å². The molecule has 0 heterocycles. The molecule has 12 N–H and O–H groups in total. The summed E-state index contributed by atoms with van der Waals surface area (Å²) in [5.74, 6) is 0.515. The van der Waals surface area contributed by atoms with Gasteiger partial charge in [0.1, 0.15) is 0 Å². The molecule has 3 aliphatic rings. The summed E-state index contributed by atoms with van der Waals surface area (Å²) in [5.41, 5.74) is 22.2. The predicted octanol–water partition coefficient (Wildman–Crippen LogP) is 9.22. The van der Waals surface area contributed by atoms with Gasteiger partial charge in [-0.25, -0.2) is 0 Å². The fourth-order valence-electron chi connectivity index (χ4n) is 3.62. The van der Waals surface area contributed by atoms with E-state index in [2.05, 4.69) is 20.8 Å². The number of alkyl halides is 1. The number of carbonyl (C=O) groups is 1. The number of carboxylic acids is 1. The maximum absolute atomic E-state index is 9.96. The van der Waals surface area contributed by atoms with Crippen LogP contribution in [-0.4, -0.2) is 112 Å². The van der Waals surface area contributed by atoms with Crippen molar-refractivity contribution in [2.45, 2.75) is 116 Å². The number of hydrogen-bond acceptors (Lipinski definition) is 7. The van der Waals surface area contributed by atoms with Gasteiger partial charge in [-0.2, -0.15) is 35.9 Å². The van der Waals surface area contributed by atoms with Gasteiger partial charge in [0, 0.05) is 6.42 Å². The number of nitrogens with one attached hydrogen (secondary N) is 3. The number of halogens is 7. The van der Waals surface area contributed by atoms with Crippen molar-refractivity contribution in [3.8, 4) is 0 Å². The number of aliphatic hydroxyl groups is 6. The van der Waals surface area contributed by atoms with Crippen LogP contribution >= 0.6 is 56.5 Å². The normalized spacial score (nSPS) is 21.6. The van der Waals surface area contributed by atoms with Crippen LogP contribution in [0.2, 0.25) is 0 Å². The molecule has 54 heavy (non-hydrogen) atoms. The number of hydrogen-bond donors (Lipinski definition) is 7. The van der Waals surface area contributed by atoms with Gasteiger partial charge < -0.3 is 79.2 Å². The van der Waals surface area contributed by atoms with Gasteiger partial charge in [0.2, 0.25) is 0 Å². The van der Waals surface area contributed by atoms with Crippen LogP contribution in [0.1, 0.15) is 99.2 Å². The van der Waals surface area contributed by atoms with Crippen LogP contribution in [0.3, 0.4) is 0 Å². The molecule has 0 unspecified atom stereocenters. The summed E-state index contributed by atoms with van der Waals surface area (Å²) in [7, 11) is 28.2. The Labute approximate surface area is 378 Å². The first-order valence-corrected chi connectivity index (χ1v) is 32.8. The van der Waals surface area contributed by atoms with Crippen LogP contribution in [0, 0.1) is 38.5 Å². The summed E-state index contributed by atoms with van der Waals surface area (Å²) in [6.07, 6.45) is 14.6. The Morgan fingerprint density at radius 3 is 0.796 bits per heavy atom. The first kappa shape index (κ1) is 77.4. The first-order chi connectivity index (χ1) is 25.1. The quantitative estimate of drug-likeness (QED) is 0.133. The van der Waals surface area contributed by atoms with Crippen molar-refractivity contribution in [1.82, 2.24) is 0 Å². The van der Waals surface area contributed by atoms with Gasteiger partial charge >= 0.3 is 112 Å². The molecule has 0 aromatic rings. The Morgan fingerprint density at radius 2 is 0.741 bits per heavy atom. The number of carboxylic acid groups (broad SMARTS) is 1. The summed E-state index contributed by atoms with van der Waals surface area (Å²) in [6, 6.07) is 0.427. The second-order valence-electron chi connectivity index (χ2n) is 10.2. The van der Waals surface area contributed by atoms with Gasteiger partial charge in [-0.15, -0.1) is 0 Å². The van der Waals surface area contributed by atoms with E-state index >= 15 is 0 Å². The molecule has 3 fully saturated rings. The molecule has 22 heteroatoms. The third-order valence-corrected chi connectivity index (χ3v) is 6.33. The zero-order valence-corrected chi connectivity index (χ0v) is 41.7. The molecule has 0 saturated heterocycles. The van der Waals surface area contributed by atoms with E-state index in [1.807, 2.05) is 0 Å². The molecule has 3 aliphatic carbocycles. The van der Waals surface area contributed by atoms with Gasteiger partial charge in [0.05, 0.1) is 48.2 Å². The molecule has 0 aromatic carbocycles. The standard InChI is InChI=1S/3C7H13N.C3H6O2.3C2H6O2.CH3F.CH4.6ClH.H2O.3Pt/c3*1-6-4-2-3-5-7(6)8;1-2-3(4)5;3*3-1-2-4;1-2;;;;;;;;;;;/h3*6-8H,1-5H2;2H2,1H3,(H,4,5);3*3-4H,1-2H2;1H3;1H4;6*1H;1H2;;;/q3*-2;;;;;;;;;;;;;;3*+4/p-6/t3*6-,7-;;;;;;;;;;;;;;;;/m111................/s1/i;;;;;;;1D;;;;;;;;;;;. The number of aliphatic carboxylic acids is 1. The predicted molar refractivity (Wildman–Crippen MR) is 219 cm³/mol. The fourth-order valence-corrected chi connectivity index (χ4v) is 3.62. The summed E-state index contributed by atoms with van der Waals surface area (Å²) >= 11 is -1.42. The van der Waals surface area contributed by atoms with Gasteiger partial charge in [0.15, 0.2) is 0 Å². The van der Waals surface area contributed by atoms with Crippen molar-refractivity contribution in [1.29, 1.82) is 0 Å². The summed E-state index contributed by atoms with van der Waals surface area (Å²) < 4.78 is 15.5. The number of aliphatic hydroxyl groups excluding tert-OH is 6. The molecule has 0 spiro atoms. The van der Waals surface area contributed by atoms with Crippen LogP contribution in [0.15, 0.2) is 0 Å². The van der Waals surface area contributed by atoms with Crippen LogP contribution < -0.4 is 0 Å². The van der Waals surface area contributed by atoms with E-state index in [1.54, 1.807) is 6.92 Å². The van der Waals surface area contributed by atoms with E-state index in [0.29, 0.717) is 17.8 Å². The molecule has 3 saturated carbocycles. The SMILES string of the molecule is C.CCC(=O)O.O.OCCO.OCCO.OCCO.[2H]CF.[CH2-][C@@H]1CCCC[C@H]1[NH-].[CH2-][C@@H]1CCCC[C@H]1[NH-].[CH2-][C@@H]1CCCC[C@H]1[NH-].[Cl][Pt+2][Cl].[Cl][Pt+2][Cl].[Cl][Pt+2][Cl]. The average molecular weight is 1460 g/mol. The molecule has 3 rings (SSSR count). The topological polar surface area (TPSA) is 262 Å². The third-order valence-electron chi connectivity index (χ3n) is 6.33. The molecule has 12 nitrogen and oxygen atoms in total. The van der Waals surface area contributed by atoms with Crippen molar-refractivity contribution in [3.05, 3.63) is 38.0 Å². The van der Waals surface area contributed by atoms with Crippen molar-refractivity contribution in [3.63, 3.8) is 0 Å². The van der Waals surface area contributed by atoms with E-state index in [1.165, 1.54) is 57.8 Å². The van der Waals surface area contributed by atoms with Crippen LogP contribution in [0.4, 0.5) is 4.39 Å². The van der Waals surface area contributed by atoms with E-state index in [9.17, 15) is 9.18 Å². The van der Waals surface area contributed by atoms with Crippen LogP contribution in [0.25, 0.3) is 17.2 Å². The van der Waals surface area contributed by atoms with Crippen LogP contribution in [0.5, 0.6) is 0 Å². The van der Waals surface area contributed by atoms with Gasteiger partial charge in [0.25, 0.3) is 0 Å². The van der Waals surface area contributed by atoms with E-state index in [0.717, 1.165) is 19.3 Å². The Kier molecular flexibility index (Phi) is 115. The Balaban J connectivity index is -0.0000000518. The third kappa shape index (κ3) is 95.3. The molecule has 6 atom stereocenters. The Hall–Kier alpha value is 2.80. The van der Waals surface area contributed by atoms with E-state index < -0.39 is 62.6 Å². The molecule has 0 aromatic heterocycles. The van der Waals surface area contributed by atoms with Crippen LogP contribution in [-0.2, 0) is 54.2 Å². The molecular formula is C32H72Cl6FN3O9Pt3. The van der Waals surface area contributed by atoms with Crippen molar-refractivity contribution >= 4 is 62.5 Å².